The maximum absolute atomic E-state index is 10.1. The van der Waals surface area contributed by atoms with Gasteiger partial charge in [-0.05, 0) is 30.7 Å². The maximum Gasteiger partial charge on any atom is 0.0593 e. The standard InChI is InChI=1S/C15H24O2/c1-12(2)10-14(11-16)15(17)9-8-13-6-4-3-5-7-13/h3-7,12,14-17H,8-11H2,1-2H3/t14-,15-/m1/s1. The van der Waals surface area contributed by atoms with Gasteiger partial charge in [-0.25, -0.2) is 0 Å². The van der Waals surface area contributed by atoms with Crippen LogP contribution < -0.4 is 0 Å². The van der Waals surface area contributed by atoms with Crippen molar-refractivity contribution < 1.29 is 10.2 Å². The maximum atomic E-state index is 10.1. The number of hydrogen-bond donors (Lipinski definition) is 2. The molecule has 0 amide bonds. The summed E-state index contributed by atoms with van der Waals surface area (Å²) in [7, 11) is 0. The van der Waals surface area contributed by atoms with Crippen LogP contribution in [0.3, 0.4) is 0 Å². The Labute approximate surface area is 104 Å². The van der Waals surface area contributed by atoms with Crippen LogP contribution >= 0.6 is 0 Å². The van der Waals surface area contributed by atoms with Gasteiger partial charge in [0.05, 0.1) is 6.10 Å². The summed E-state index contributed by atoms with van der Waals surface area (Å²) in [6, 6.07) is 10.2. The SMILES string of the molecule is CC(C)C[C@H](CO)[C@H](O)CCc1ccccc1. The van der Waals surface area contributed by atoms with Crippen LogP contribution in [0.5, 0.6) is 0 Å². The Balaban J connectivity index is 2.39. The topological polar surface area (TPSA) is 40.5 Å². The first-order chi connectivity index (χ1) is 8.13. The molecule has 0 saturated heterocycles. The molecule has 1 aromatic rings. The summed E-state index contributed by atoms with van der Waals surface area (Å²) in [5.74, 6) is 0.525. The lowest BCUT2D eigenvalue weighted by Gasteiger charge is -2.22. The average molecular weight is 236 g/mol. The van der Waals surface area contributed by atoms with Gasteiger partial charge < -0.3 is 10.2 Å². The second-order valence-electron chi connectivity index (χ2n) is 5.16. The van der Waals surface area contributed by atoms with Gasteiger partial charge in [0, 0.05) is 12.5 Å². The molecular formula is C15H24O2. The summed E-state index contributed by atoms with van der Waals surface area (Å²) in [4.78, 5) is 0. The van der Waals surface area contributed by atoms with Gasteiger partial charge in [0.25, 0.3) is 0 Å². The van der Waals surface area contributed by atoms with Gasteiger partial charge in [0.1, 0.15) is 0 Å². The smallest absolute Gasteiger partial charge is 0.0593 e. The molecule has 0 radical (unpaired) electrons. The van der Waals surface area contributed by atoms with Crippen LogP contribution in [0, 0.1) is 11.8 Å². The van der Waals surface area contributed by atoms with E-state index < -0.39 is 6.10 Å². The number of hydrogen-bond acceptors (Lipinski definition) is 2. The molecule has 0 unspecified atom stereocenters. The van der Waals surface area contributed by atoms with Crippen molar-refractivity contribution in [3.63, 3.8) is 0 Å². The Hall–Kier alpha value is -0.860. The normalized spacial score (nSPS) is 14.9. The molecule has 0 aromatic heterocycles. The molecule has 17 heavy (non-hydrogen) atoms. The molecule has 1 aromatic carbocycles. The summed E-state index contributed by atoms with van der Waals surface area (Å²) >= 11 is 0. The van der Waals surface area contributed by atoms with Crippen molar-refractivity contribution in [2.45, 2.75) is 39.2 Å². The minimum absolute atomic E-state index is 0.0127. The highest BCUT2D eigenvalue weighted by molar-refractivity contribution is 5.14. The Morgan fingerprint density at radius 2 is 1.76 bits per heavy atom. The molecule has 0 saturated carbocycles. The molecular weight excluding hydrogens is 212 g/mol. The number of benzene rings is 1. The molecule has 0 aliphatic carbocycles. The fourth-order valence-electron chi connectivity index (χ4n) is 2.15. The Morgan fingerprint density at radius 1 is 1.12 bits per heavy atom. The van der Waals surface area contributed by atoms with Gasteiger partial charge in [0.15, 0.2) is 0 Å². The summed E-state index contributed by atoms with van der Waals surface area (Å²) < 4.78 is 0. The Bertz CT molecular complexity index is 295. The Kier molecular flexibility index (Phi) is 6.23. The van der Waals surface area contributed by atoms with E-state index in [-0.39, 0.29) is 12.5 Å². The molecule has 0 aliphatic heterocycles. The van der Waals surface area contributed by atoms with Crippen molar-refractivity contribution in [2.24, 2.45) is 11.8 Å². The lowest BCUT2D eigenvalue weighted by atomic mass is 9.90. The summed E-state index contributed by atoms with van der Waals surface area (Å²) in [6.45, 7) is 4.31. The van der Waals surface area contributed by atoms with E-state index in [4.69, 9.17) is 0 Å². The van der Waals surface area contributed by atoms with Gasteiger partial charge in [0.2, 0.25) is 0 Å². The minimum Gasteiger partial charge on any atom is -0.396 e. The summed E-state index contributed by atoms with van der Waals surface area (Å²) in [5.41, 5.74) is 1.24. The average Bonchev–Trinajstić information content (AvgIpc) is 2.34. The molecule has 2 N–H and O–H groups in total. The Morgan fingerprint density at radius 3 is 2.29 bits per heavy atom. The molecule has 0 fully saturated rings. The number of aliphatic hydroxyl groups excluding tert-OH is 2. The van der Waals surface area contributed by atoms with Crippen molar-refractivity contribution in [1.29, 1.82) is 0 Å². The minimum atomic E-state index is -0.400. The van der Waals surface area contributed by atoms with Gasteiger partial charge in [-0.15, -0.1) is 0 Å². The quantitative estimate of drug-likeness (QED) is 0.764. The third kappa shape index (κ3) is 5.33. The van der Waals surface area contributed by atoms with Crippen molar-refractivity contribution >= 4 is 0 Å². The van der Waals surface area contributed by atoms with E-state index in [0.29, 0.717) is 5.92 Å². The van der Waals surface area contributed by atoms with Crippen LogP contribution in [0.1, 0.15) is 32.3 Å². The van der Waals surface area contributed by atoms with Crippen LogP contribution in [-0.2, 0) is 6.42 Å². The van der Waals surface area contributed by atoms with E-state index in [2.05, 4.69) is 26.0 Å². The van der Waals surface area contributed by atoms with E-state index in [1.165, 1.54) is 5.56 Å². The van der Waals surface area contributed by atoms with Gasteiger partial charge in [-0.2, -0.15) is 0 Å². The highest BCUT2D eigenvalue weighted by Gasteiger charge is 2.19. The zero-order chi connectivity index (χ0) is 12.7. The second-order valence-corrected chi connectivity index (χ2v) is 5.16. The molecule has 0 bridgehead atoms. The molecule has 0 aliphatic rings. The van der Waals surface area contributed by atoms with E-state index in [1.54, 1.807) is 0 Å². The molecule has 2 heteroatoms. The molecule has 2 atom stereocenters. The van der Waals surface area contributed by atoms with Crippen LogP contribution in [0.2, 0.25) is 0 Å². The summed E-state index contributed by atoms with van der Waals surface area (Å²) in [5, 5.41) is 19.3. The van der Waals surface area contributed by atoms with Crippen LogP contribution in [0.25, 0.3) is 0 Å². The first-order valence-electron chi connectivity index (χ1n) is 6.46. The van der Waals surface area contributed by atoms with Crippen molar-refractivity contribution in [3.05, 3.63) is 35.9 Å². The van der Waals surface area contributed by atoms with Crippen molar-refractivity contribution in [1.82, 2.24) is 0 Å². The summed E-state index contributed by atoms with van der Waals surface area (Å²) in [6.07, 6.45) is 2.08. The lowest BCUT2D eigenvalue weighted by Crippen LogP contribution is -2.25. The lowest BCUT2D eigenvalue weighted by molar-refractivity contribution is 0.0497. The third-order valence-corrected chi connectivity index (χ3v) is 3.12. The number of aliphatic hydroxyl groups is 2. The third-order valence-electron chi connectivity index (χ3n) is 3.12. The molecule has 96 valence electrons. The van der Waals surface area contributed by atoms with Gasteiger partial charge in [-0.3, -0.25) is 0 Å². The fraction of sp³-hybridized carbons (Fsp3) is 0.600. The second kappa shape index (κ2) is 7.46. The number of aryl methyl sites for hydroxylation is 1. The highest BCUT2D eigenvalue weighted by atomic mass is 16.3. The van der Waals surface area contributed by atoms with E-state index in [0.717, 1.165) is 19.3 Å². The van der Waals surface area contributed by atoms with Crippen molar-refractivity contribution in [3.8, 4) is 0 Å². The first-order valence-corrected chi connectivity index (χ1v) is 6.46. The van der Waals surface area contributed by atoms with Crippen LogP contribution in [0.4, 0.5) is 0 Å². The van der Waals surface area contributed by atoms with Gasteiger partial charge >= 0.3 is 0 Å². The van der Waals surface area contributed by atoms with Gasteiger partial charge in [-0.1, -0.05) is 44.2 Å². The zero-order valence-corrected chi connectivity index (χ0v) is 10.8. The monoisotopic (exact) mass is 236 g/mol. The predicted molar refractivity (Wildman–Crippen MR) is 70.8 cm³/mol. The van der Waals surface area contributed by atoms with Crippen LogP contribution in [-0.4, -0.2) is 22.9 Å². The van der Waals surface area contributed by atoms with Crippen molar-refractivity contribution in [2.75, 3.05) is 6.61 Å². The van der Waals surface area contributed by atoms with E-state index in [9.17, 15) is 10.2 Å². The molecule has 1 rings (SSSR count). The zero-order valence-electron chi connectivity index (χ0n) is 10.8. The molecule has 0 spiro atoms. The number of rotatable bonds is 7. The van der Waals surface area contributed by atoms with Crippen LogP contribution in [0.15, 0.2) is 30.3 Å². The molecule has 2 nitrogen and oxygen atoms in total. The fourth-order valence-corrected chi connectivity index (χ4v) is 2.15. The first kappa shape index (κ1) is 14.2. The highest BCUT2D eigenvalue weighted by Crippen LogP contribution is 2.18. The van der Waals surface area contributed by atoms with E-state index in [1.807, 2.05) is 18.2 Å². The van der Waals surface area contributed by atoms with E-state index >= 15 is 0 Å². The predicted octanol–water partition coefficient (Wildman–Crippen LogP) is 2.63. The largest absolute Gasteiger partial charge is 0.396 e. The molecule has 0 heterocycles.